The van der Waals surface area contributed by atoms with Gasteiger partial charge in [0, 0.05) is 31.6 Å². The zero-order valence-corrected chi connectivity index (χ0v) is 18.6. The molecule has 10 nitrogen and oxygen atoms in total. The van der Waals surface area contributed by atoms with Crippen LogP contribution < -0.4 is 10.1 Å². The maximum atomic E-state index is 12.4. The Morgan fingerprint density at radius 1 is 1.16 bits per heavy atom. The largest absolute Gasteiger partial charge is 0.479 e. The number of nitrogens with one attached hydrogen (secondary N) is 1. The second-order valence-corrected chi connectivity index (χ2v) is 7.59. The van der Waals surface area contributed by atoms with Gasteiger partial charge in [0.05, 0.1) is 26.0 Å². The number of amides is 1. The van der Waals surface area contributed by atoms with E-state index >= 15 is 0 Å². The van der Waals surface area contributed by atoms with Crippen molar-refractivity contribution in [1.29, 1.82) is 0 Å². The number of carbonyl (C=O) groups excluding carboxylic acids is 2. The van der Waals surface area contributed by atoms with Crippen LogP contribution in [0, 0.1) is 0 Å². The average Bonchev–Trinajstić information content (AvgIpc) is 3.33. The van der Waals surface area contributed by atoms with Crippen molar-refractivity contribution >= 4 is 29.1 Å². The Morgan fingerprint density at radius 3 is 2.55 bits per heavy atom. The molecule has 0 bridgehead atoms. The van der Waals surface area contributed by atoms with Gasteiger partial charge in [-0.15, -0.1) is 15.3 Å². The molecule has 0 aliphatic rings. The van der Waals surface area contributed by atoms with Gasteiger partial charge in [-0.3, -0.25) is 18.8 Å². The van der Waals surface area contributed by atoms with E-state index in [1.54, 1.807) is 56.4 Å². The van der Waals surface area contributed by atoms with Gasteiger partial charge in [0.15, 0.2) is 16.8 Å². The van der Waals surface area contributed by atoms with Crippen LogP contribution in [0.1, 0.15) is 17.3 Å². The molecule has 3 aromatic rings. The minimum absolute atomic E-state index is 0.0233. The standard InChI is InChI=1S/C20H24N6O4S/c1-13(27)14-5-7-15(8-6-14)21-17(28)12-31-20-23-22-18(26(20)9-10-29-3)16-11-25(2)24-19(16)30-4/h5-8,11H,9-10,12H2,1-4H3,(H,21,28). The highest BCUT2D eigenvalue weighted by molar-refractivity contribution is 7.99. The summed E-state index contributed by atoms with van der Waals surface area (Å²) in [5, 5.41) is 16.2. The van der Waals surface area contributed by atoms with Gasteiger partial charge in [0.25, 0.3) is 0 Å². The molecule has 3 rings (SSSR count). The molecule has 164 valence electrons. The van der Waals surface area contributed by atoms with Crippen molar-refractivity contribution in [3.05, 3.63) is 36.0 Å². The number of ketones is 1. The van der Waals surface area contributed by atoms with Crippen LogP contribution in [0.4, 0.5) is 5.69 Å². The van der Waals surface area contributed by atoms with E-state index in [9.17, 15) is 9.59 Å². The molecule has 11 heteroatoms. The lowest BCUT2D eigenvalue weighted by Gasteiger charge is -2.10. The first-order valence-corrected chi connectivity index (χ1v) is 10.4. The van der Waals surface area contributed by atoms with Crippen LogP contribution in [0.5, 0.6) is 5.88 Å². The molecule has 0 spiro atoms. The van der Waals surface area contributed by atoms with Gasteiger partial charge in [0.1, 0.15) is 5.56 Å². The molecule has 0 fully saturated rings. The van der Waals surface area contributed by atoms with E-state index < -0.39 is 0 Å². The molecule has 31 heavy (non-hydrogen) atoms. The van der Waals surface area contributed by atoms with Crippen LogP contribution in [0.15, 0.2) is 35.6 Å². The normalized spacial score (nSPS) is 10.8. The van der Waals surface area contributed by atoms with Crippen molar-refractivity contribution in [2.75, 3.05) is 31.9 Å². The summed E-state index contributed by atoms with van der Waals surface area (Å²) in [5.41, 5.74) is 1.92. The summed E-state index contributed by atoms with van der Waals surface area (Å²) in [6.07, 6.45) is 1.80. The monoisotopic (exact) mass is 444 g/mol. The molecule has 0 unspecified atom stereocenters. The van der Waals surface area contributed by atoms with Gasteiger partial charge in [-0.05, 0) is 31.2 Å². The van der Waals surface area contributed by atoms with E-state index in [4.69, 9.17) is 9.47 Å². The zero-order valence-electron chi connectivity index (χ0n) is 17.8. The third-order valence-electron chi connectivity index (χ3n) is 4.37. The molecule has 2 heterocycles. The fraction of sp³-hybridized carbons (Fsp3) is 0.350. The van der Waals surface area contributed by atoms with Crippen LogP contribution in [0.25, 0.3) is 11.4 Å². The van der Waals surface area contributed by atoms with Crippen LogP contribution in [-0.4, -0.2) is 62.8 Å². The second-order valence-electron chi connectivity index (χ2n) is 6.65. The quantitative estimate of drug-likeness (QED) is 0.374. The van der Waals surface area contributed by atoms with Gasteiger partial charge in [0.2, 0.25) is 11.8 Å². The minimum atomic E-state index is -0.192. The molecular formula is C20H24N6O4S. The van der Waals surface area contributed by atoms with Gasteiger partial charge in [-0.1, -0.05) is 11.8 Å². The van der Waals surface area contributed by atoms with Crippen molar-refractivity contribution < 1.29 is 19.1 Å². The average molecular weight is 445 g/mol. The summed E-state index contributed by atoms with van der Waals surface area (Å²) in [7, 11) is 4.96. The highest BCUT2D eigenvalue weighted by Gasteiger charge is 2.21. The number of hydrogen-bond acceptors (Lipinski definition) is 8. The Balaban J connectivity index is 1.72. The maximum absolute atomic E-state index is 12.4. The van der Waals surface area contributed by atoms with E-state index in [1.165, 1.54) is 18.7 Å². The lowest BCUT2D eigenvalue weighted by molar-refractivity contribution is -0.113. The van der Waals surface area contributed by atoms with Gasteiger partial charge in [-0.25, -0.2) is 0 Å². The van der Waals surface area contributed by atoms with Crippen molar-refractivity contribution in [3.63, 3.8) is 0 Å². The van der Waals surface area contributed by atoms with Crippen LogP contribution in [0.2, 0.25) is 0 Å². The Bertz CT molecular complexity index is 1060. The Kier molecular flexibility index (Phi) is 7.42. The predicted octanol–water partition coefficient (Wildman–Crippen LogP) is 2.27. The van der Waals surface area contributed by atoms with E-state index in [1.807, 2.05) is 4.57 Å². The Labute approximate surface area is 183 Å². The summed E-state index contributed by atoms with van der Waals surface area (Å²) in [5.74, 6) is 0.956. The fourth-order valence-electron chi connectivity index (χ4n) is 2.87. The lowest BCUT2D eigenvalue weighted by Crippen LogP contribution is -2.15. The van der Waals surface area contributed by atoms with Crippen LogP contribution in [-0.2, 0) is 23.1 Å². The number of anilines is 1. The number of thioether (sulfide) groups is 1. The smallest absolute Gasteiger partial charge is 0.243 e. The third-order valence-corrected chi connectivity index (χ3v) is 5.34. The van der Waals surface area contributed by atoms with Crippen LogP contribution in [0.3, 0.4) is 0 Å². The predicted molar refractivity (Wildman–Crippen MR) is 116 cm³/mol. The molecule has 0 radical (unpaired) electrons. The number of methoxy groups -OCH3 is 2. The van der Waals surface area contributed by atoms with Crippen LogP contribution >= 0.6 is 11.8 Å². The number of hydrogen-bond donors (Lipinski definition) is 1. The number of rotatable bonds is 10. The Morgan fingerprint density at radius 2 is 1.90 bits per heavy atom. The second kappa shape index (κ2) is 10.2. The topological polar surface area (TPSA) is 113 Å². The SMILES string of the molecule is COCCn1c(SCC(=O)Nc2ccc(C(C)=O)cc2)nnc1-c1cn(C)nc1OC. The molecule has 1 aromatic carbocycles. The fourth-order valence-corrected chi connectivity index (χ4v) is 3.63. The molecular weight excluding hydrogens is 420 g/mol. The molecule has 2 aromatic heterocycles. The molecule has 0 saturated heterocycles. The van der Waals surface area contributed by atoms with E-state index in [0.29, 0.717) is 46.8 Å². The lowest BCUT2D eigenvalue weighted by atomic mass is 10.1. The highest BCUT2D eigenvalue weighted by Crippen LogP contribution is 2.30. The molecule has 0 atom stereocenters. The van der Waals surface area contributed by atoms with Gasteiger partial charge >= 0.3 is 0 Å². The maximum Gasteiger partial charge on any atom is 0.243 e. The summed E-state index contributed by atoms with van der Waals surface area (Å²) < 4.78 is 14.1. The number of benzene rings is 1. The van der Waals surface area contributed by atoms with Crippen molar-refractivity contribution in [1.82, 2.24) is 24.5 Å². The van der Waals surface area contributed by atoms with E-state index in [0.717, 1.165) is 0 Å². The third kappa shape index (κ3) is 5.50. The first-order valence-electron chi connectivity index (χ1n) is 9.46. The summed E-state index contributed by atoms with van der Waals surface area (Å²) in [6.45, 7) is 2.46. The number of nitrogens with zero attached hydrogens (tertiary/aromatic N) is 5. The molecule has 1 N–H and O–H groups in total. The molecule has 0 saturated carbocycles. The van der Waals surface area contributed by atoms with Gasteiger partial charge < -0.3 is 14.8 Å². The minimum Gasteiger partial charge on any atom is -0.479 e. The van der Waals surface area contributed by atoms with Crippen molar-refractivity contribution in [2.45, 2.75) is 18.6 Å². The molecule has 0 aliphatic heterocycles. The number of Topliss-reactive ketones (excluding diaryl/α,β-unsaturated/α-hetero) is 1. The van der Waals surface area contributed by atoms with Gasteiger partial charge in [-0.2, -0.15) is 0 Å². The molecule has 1 amide bonds. The number of aromatic nitrogens is 5. The summed E-state index contributed by atoms with van der Waals surface area (Å²) >= 11 is 1.27. The number of aryl methyl sites for hydroxylation is 1. The van der Waals surface area contributed by atoms with Crippen molar-refractivity contribution in [2.24, 2.45) is 7.05 Å². The first-order chi connectivity index (χ1) is 14.9. The number of ether oxygens (including phenoxy) is 2. The summed E-state index contributed by atoms with van der Waals surface area (Å²) in [4.78, 5) is 23.8. The van der Waals surface area contributed by atoms with E-state index in [2.05, 4.69) is 20.6 Å². The zero-order chi connectivity index (χ0) is 22.4. The van der Waals surface area contributed by atoms with Crippen molar-refractivity contribution in [3.8, 4) is 17.3 Å². The number of carbonyl (C=O) groups is 2. The summed E-state index contributed by atoms with van der Waals surface area (Å²) in [6, 6.07) is 6.76. The Hall–Kier alpha value is -3.18. The highest BCUT2D eigenvalue weighted by atomic mass is 32.2. The molecule has 0 aliphatic carbocycles. The van der Waals surface area contributed by atoms with E-state index in [-0.39, 0.29) is 17.4 Å². The first kappa shape index (κ1) is 22.5.